The van der Waals surface area contributed by atoms with Gasteiger partial charge < -0.3 is 10.2 Å². The van der Waals surface area contributed by atoms with Crippen molar-refractivity contribution in [1.82, 2.24) is 19.9 Å². The number of rotatable bonds is 6. The third kappa shape index (κ3) is 4.51. The minimum absolute atomic E-state index is 0.00214. The van der Waals surface area contributed by atoms with Crippen molar-refractivity contribution in [3.05, 3.63) is 59.1 Å². The summed E-state index contributed by atoms with van der Waals surface area (Å²) in [6.45, 7) is 0.797. The van der Waals surface area contributed by atoms with Gasteiger partial charge >= 0.3 is 0 Å². The predicted octanol–water partition coefficient (Wildman–Crippen LogP) is 2.90. The first-order valence-corrected chi connectivity index (χ1v) is 8.71. The number of pyridine rings is 1. The van der Waals surface area contributed by atoms with Crippen molar-refractivity contribution in [2.24, 2.45) is 0 Å². The Hall–Kier alpha value is -2.54. The fourth-order valence-electron chi connectivity index (χ4n) is 2.42. The topological polar surface area (TPSA) is 71.0 Å². The average Bonchev–Trinajstić information content (AvgIpc) is 2.65. The maximum Gasteiger partial charge on any atom is 0.241 e. The highest BCUT2D eigenvalue weighted by Gasteiger charge is 2.11. The van der Waals surface area contributed by atoms with Crippen molar-refractivity contribution in [3.8, 4) is 0 Å². The lowest BCUT2D eigenvalue weighted by Gasteiger charge is -2.17. The predicted molar refractivity (Wildman–Crippen MR) is 101 cm³/mol. The number of anilines is 1. The van der Waals surface area contributed by atoms with Crippen LogP contribution in [0.4, 0.5) is 5.82 Å². The Morgan fingerprint density at radius 2 is 2.08 bits per heavy atom. The van der Waals surface area contributed by atoms with Gasteiger partial charge in [0, 0.05) is 41.8 Å². The average molecular weight is 400 g/mol. The van der Waals surface area contributed by atoms with Gasteiger partial charge in [-0.1, -0.05) is 22.0 Å². The summed E-state index contributed by atoms with van der Waals surface area (Å²) in [7, 11) is 1.79. The minimum atomic E-state index is -0.00214. The molecule has 128 valence electrons. The maximum absolute atomic E-state index is 12.3. The van der Waals surface area contributed by atoms with E-state index in [0.717, 1.165) is 27.5 Å². The van der Waals surface area contributed by atoms with Gasteiger partial charge in [-0.25, -0.2) is 9.97 Å². The van der Waals surface area contributed by atoms with E-state index in [9.17, 15) is 4.79 Å². The third-order valence-corrected chi connectivity index (χ3v) is 4.35. The number of fused-ring (bicyclic) bond motifs is 1. The van der Waals surface area contributed by atoms with Gasteiger partial charge in [-0.3, -0.25) is 9.78 Å². The Labute approximate surface area is 154 Å². The van der Waals surface area contributed by atoms with E-state index < -0.39 is 0 Å². The molecule has 2 heterocycles. The van der Waals surface area contributed by atoms with Crippen molar-refractivity contribution in [2.75, 3.05) is 25.5 Å². The van der Waals surface area contributed by atoms with E-state index in [1.165, 1.54) is 6.33 Å². The highest BCUT2D eigenvalue weighted by molar-refractivity contribution is 9.10. The Bertz CT molecular complexity index is 872. The molecule has 6 nitrogen and oxygen atoms in total. The Kier molecular flexibility index (Phi) is 5.55. The molecular weight excluding hydrogens is 382 g/mol. The second-order valence-corrected chi connectivity index (χ2v) is 6.54. The molecule has 0 bridgehead atoms. The molecule has 0 saturated heterocycles. The van der Waals surface area contributed by atoms with Crippen LogP contribution < -0.4 is 5.32 Å². The van der Waals surface area contributed by atoms with E-state index in [4.69, 9.17) is 0 Å². The van der Waals surface area contributed by atoms with Crippen LogP contribution in [0.25, 0.3) is 10.9 Å². The molecule has 1 amide bonds. The van der Waals surface area contributed by atoms with Crippen LogP contribution >= 0.6 is 15.9 Å². The largest absolute Gasteiger partial charge is 0.360 e. The van der Waals surface area contributed by atoms with Gasteiger partial charge in [0.05, 0.1) is 12.1 Å². The summed E-state index contributed by atoms with van der Waals surface area (Å²) in [5, 5.41) is 3.99. The number of carbonyl (C=O) groups excluding carboxylic acids is 1. The summed E-state index contributed by atoms with van der Waals surface area (Å²) in [6, 6.07) is 11.6. The third-order valence-electron chi connectivity index (χ3n) is 3.86. The lowest BCUT2D eigenvalue weighted by Crippen LogP contribution is -2.34. The standard InChI is InChI=1S/C18H18BrN5O/c1-24(9-7-14-4-2-3-8-20-14)17(25)11-21-18-15-10-13(19)5-6-16(15)22-12-23-18/h2-6,8,10,12H,7,9,11H2,1H3,(H,21,22,23). The number of halogens is 1. The highest BCUT2D eigenvalue weighted by atomic mass is 79.9. The van der Waals surface area contributed by atoms with Crippen LogP contribution in [0.15, 0.2) is 53.4 Å². The van der Waals surface area contributed by atoms with Crippen LogP contribution in [0.2, 0.25) is 0 Å². The summed E-state index contributed by atoms with van der Waals surface area (Å²) in [5.41, 5.74) is 1.80. The number of carbonyl (C=O) groups is 1. The van der Waals surface area contributed by atoms with Gasteiger partial charge in [0.25, 0.3) is 0 Å². The highest BCUT2D eigenvalue weighted by Crippen LogP contribution is 2.23. The minimum Gasteiger partial charge on any atom is -0.360 e. The number of aromatic nitrogens is 3. The summed E-state index contributed by atoms with van der Waals surface area (Å²) in [4.78, 5) is 26.8. The van der Waals surface area contributed by atoms with Crippen molar-refractivity contribution < 1.29 is 4.79 Å². The molecule has 0 fully saturated rings. The van der Waals surface area contributed by atoms with E-state index in [2.05, 4.69) is 36.2 Å². The molecular formula is C18H18BrN5O. The molecule has 3 aromatic rings. The van der Waals surface area contributed by atoms with Gasteiger partial charge in [-0.2, -0.15) is 0 Å². The van der Waals surface area contributed by atoms with Gasteiger partial charge in [0.2, 0.25) is 5.91 Å². The molecule has 0 atom stereocenters. The van der Waals surface area contributed by atoms with Crippen LogP contribution in [-0.4, -0.2) is 45.9 Å². The number of nitrogens with zero attached hydrogens (tertiary/aromatic N) is 4. The van der Waals surface area contributed by atoms with E-state index in [-0.39, 0.29) is 12.5 Å². The zero-order chi connectivity index (χ0) is 17.6. The second kappa shape index (κ2) is 8.02. The molecule has 7 heteroatoms. The first-order valence-electron chi connectivity index (χ1n) is 7.91. The van der Waals surface area contributed by atoms with Crippen molar-refractivity contribution in [3.63, 3.8) is 0 Å². The molecule has 1 aromatic carbocycles. The van der Waals surface area contributed by atoms with Crippen molar-refractivity contribution in [1.29, 1.82) is 0 Å². The summed E-state index contributed by atoms with van der Waals surface area (Å²) in [5.74, 6) is 0.649. The summed E-state index contributed by atoms with van der Waals surface area (Å²) >= 11 is 3.45. The van der Waals surface area contributed by atoms with Crippen molar-refractivity contribution in [2.45, 2.75) is 6.42 Å². The molecule has 0 aliphatic heterocycles. The molecule has 3 rings (SSSR count). The van der Waals surface area contributed by atoms with Crippen LogP contribution in [0.1, 0.15) is 5.69 Å². The SMILES string of the molecule is CN(CCc1ccccn1)C(=O)CNc1ncnc2ccc(Br)cc12. The van der Waals surface area contributed by atoms with E-state index in [1.807, 2.05) is 36.4 Å². The van der Waals surface area contributed by atoms with E-state index in [1.54, 1.807) is 18.1 Å². The first-order chi connectivity index (χ1) is 12.1. The molecule has 0 aliphatic carbocycles. The molecule has 0 radical (unpaired) electrons. The molecule has 0 spiro atoms. The fourth-order valence-corrected chi connectivity index (χ4v) is 2.78. The molecule has 2 aromatic heterocycles. The second-order valence-electron chi connectivity index (χ2n) is 5.62. The normalized spacial score (nSPS) is 10.6. The lowest BCUT2D eigenvalue weighted by atomic mass is 10.2. The van der Waals surface area contributed by atoms with Crippen LogP contribution in [0.3, 0.4) is 0 Å². The zero-order valence-electron chi connectivity index (χ0n) is 13.8. The molecule has 25 heavy (non-hydrogen) atoms. The molecule has 0 unspecified atom stereocenters. The Morgan fingerprint density at radius 3 is 2.88 bits per heavy atom. The number of nitrogens with one attached hydrogen (secondary N) is 1. The van der Waals surface area contributed by atoms with E-state index >= 15 is 0 Å². The maximum atomic E-state index is 12.3. The number of likely N-dealkylation sites (N-methyl/N-ethyl adjacent to an activating group) is 1. The number of amides is 1. The van der Waals surface area contributed by atoms with Crippen LogP contribution in [0.5, 0.6) is 0 Å². The van der Waals surface area contributed by atoms with Crippen LogP contribution in [0, 0.1) is 0 Å². The fraction of sp³-hybridized carbons (Fsp3) is 0.222. The monoisotopic (exact) mass is 399 g/mol. The Morgan fingerprint density at radius 1 is 1.20 bits per heavy atom. The molecule has 0 aliphatic rings. The van der Waals surface area contributed by atoms with Gasteiger partial charge in [0.1, 0.15) is 12.1 Å². The molecule has 0 saturated carbocycles. The number of hydrogen-bond donors (Lipinski definition) is 1. The van der Waals surface area contributed by atoms with Gasteiger partial charge in [-0.05, 0) is 30.3 Å². The first kappa shape index (κ1) is 17.3. The van der Waals surface area contributed by atoms with Crippen molar-refractivity contribution >= 4 is 38.6 Å². The number of hydrogen-bond acceptors (Lipinski definition) is 5. The molecule has 1 N–H and O–H groups in total. The smallest absolute Gasteiger partial charge is 0.241 e. The van der Waals surface area contributed by atoms with Crippen LogP contribution in [-0.2, 0) is 11.2 Å². The van der Waals surface area contributed by atoms with Gasteiger partial charge in [-0.15, -0.1) is 0 Å². The van der Waals surface area contributed by atoms with E-state index in [0.29, 0.717) is 12.4 Å². The number of benzene rings is 1. The Balaban J connectivity index is 1.59. The lowest BCUT2D eigenvalue weighted by molar-refractivity contribution is -0.128. The summed E-state index contributed by atoms with van der Waals surface area (Å²) in [6.07, 6.45) is 3.98. The zero-order valence-corrected chi connectivity index (χ0v) is 15.4. The quantitative estimate of drug-likeness (QED) is 0.689. The summed E-state index contributed by atoms with van der Waals surface area (Å²) < 4.78 is 0.941. The van der Waals surface area contributed by atoms with Gasteiger partial charge in [0.15, 0.2) is 0 Å².